The molecule has 2 aromatic carbocycles. The van der Waals surface area contributed by atoms with Crippen molar-refractivity contribution in [3.63, 3.8) is 0 Å². The molecule has 0 aliphatic carbocycles. The highest BCUT2D eigenvalue weighted by molar-refractivity contribution is 5.95. The monoisotopic (exact) mass is 462 g/mol. The molecular formula is C25H24F2N6O. The molecule has 174 valence electrons. The molecular weight excluding hydrogens is 438 g/mol. The summed E-state index contributed by atoms with van der Waals surface area (Å²) >= 11 is 0. The number of piperazine rings is 1. The van der Waals surface area contributed by atoms with Gasteiger partial charge in [-0.3, -0.25) is 4.79 Å². The number of hydrogen-bond donors (Lipinski definition) is 0. The van der Waals surface area contributed by atoms with Gasteiger partial charge in [-0.05, 0) is 55.5 Å². The highest BCUT2D eigenvalue weighted by Gasteiger charge is 2.26. The van der Waals surface area contributed by atoms with E-state index in [0.717, 1.165) is 22.6 Å². The van der Waals surface area contributed by atoms with Crippen LogP contribution < -0.4 is 4.90 Å². The molecule has 1 amide bonds. The van der Waals surface area contributed by atoms with Crippen LogP contribution in [0.5, 0.6) is 0 Å². The predicted molar refractivity (Wildman–Crippen MR) is 125 cm³/mol. The van der Waals surface area contributed by atoms with Crippen molar-refractivity contribution in [2.45, 2.75) is 20.3 Å². The summed E-state index contributed by atoms with van der Waals surface area (Å²) in [4.78, 5) is 26.3. The van der Waals surface area contributed by atoms with E-state index in [0.29, 0.717) is 49.6 Å². The molecule has 1 fully saturated rings. The number of anilines is 1. The minimum absolute atomic E-state index is 0.109. The Morgan fingerprint density at radius 2 is 1.53 bits per heavy atom. The SMILES string of the molecule is CCc1nc(N2CCN(C(=O)c3ccc(F)cc3)CC2)c2c(C)nn(-c3ccc(F)cc3)c2n1. The second kappa shape index (κ2) is 8.81. The van der Waals surface area contributed by atoms with Crippen molar-refractivity contribution in [3.05, 3.63) is 77.2 Å². The molecule has 0 saturated carbocycles. The summed E-state index contributed by atoms with van der Waals surface area (Å²) in [6, 6.07) is 11.8. The predicted octanol–water partition coefficient (Wildman–Crippen LogP) is 3.93. The summed E-state index contributed by atoms with van der Waals surface area (Å²) in [6.45, 7) is 6.15. The Morgan fingerprint density at radius 3 is 2.15 bits per heavy atom. The first kappa shape index (κ1) is 21.9. The van der Waals surface area contributed by atoms with Gasteiger partial charge in [-0.1, -0.05) is 6.92 Å². The fourth-order valence-corrected chi connectivity index (χ4v) is 4.25. The van der Waals surface area contributed by atoms with E-state index in [2.05, 4.69) is 10.00 Å². The van der Waals surface area contributed by atoms with Crippen molar-refractivity contribution < 1.29 is 13.6 Å². The second-order valence-corrected chi connectivity index (χ2v) is 8.28. The zero-order valence-corrected chi connectivity index (χ0v) is 19.0. The van der Waals surface area contributed by atoms with Crippen LogP contribution in [0.25, 0.3) is 16.7 Å². The first-order chi connectivity index (χ1) is 16.4. The molecule has 0 atom stereocenters. The van der Waals surface area contributed by atoms with Gasteiger partial charge in [-0.25, -0.2) is 23.4 Å². The Morgan fingerprint density at radius 1 is 0.912 bits per heavy atom. The van der Waals surface area contributed by atoms with Crippen LogP contribution in [-0.4, -0.2) is 56.7 Å². The third-order valence-electron chi connectivity index (χ3n) is 6.07. The second-order valence-electron chi connectivity index (χ2n) is 8.28. The summed E-state index contributed by atoms with van der Waals surface area (Å²) in [5.74, 6) is 0.700. The van der Waals surface area contributed by atoms with Crippen LogP contribution in [0.4, 0.5) is 14.6 Å². The van der Waals surface area contributed by atoms with Crippen LogP contribution in [0.15, 0.2) is 48.5 Å². The summed E-state index contributed by atoms with van der Waals surface area (Å²) < 4.78 is 28.4. The van der Waals surface area contributed by atoms with E-state index in [1.165, 1.54) is 36.4 Å². The minimum atomic E-state index is -0.363. The van der Waals surface area contributed by atoms with Crippen LogP contribution in [0, 0.1) is 18.6 Å². The normalized spacial score (nSPS) is 14.1. The molecule has 34 heavy (non-hydrogen) atoms. The lowest BCUT2D eigenvalue weighted by atomic mass is 10.1. The number of carbonyl (C=O) groups excluding carboxylic acids is 1. The molecule has 0 radical (unpaired) electrons. The largest absolute Gasteiger partial charge is 0.352 e. The Hall–Kier alpha value is -3.88. The van der Waals surface area contributed by atoms with Crippen LogP contribution >= 0.6 is 0 Å². The summed E-state index contributed by atoms with van der Waals surface area (Å²) in [6.07, 6.45) is 0.652. The number of halogens is 2. The molecule has 1 aliphatic rings. The minimum Gasteiger partial charge on any atom is -0.352 e. The van der Waals surface area contributed by atoms with Gasteiger partial charge in [0.1, 0.15) is 23.3 Å². The Labute approximate surface area is 195 Å². The van der Waals surface area contributed by atoms with Crippen LogP contribution in [-0.2, 0) is 6.42 Å². The van der Waals surface area contributed by atoms with Crippen LogP contribution in [0.2, 0.25) is 0 Å². The van der Waals surface area contributed by atoms with Crippen molar-refractivity contribution in [2.24, 2.45) is 0 Å². The highest BCUT2D eigenvalue weighted by atomic mass is 19.1. The molecule has 5 rings (SSSR count). The van der Waals surface area contributed by atoms with E-state index in [-0.39, 0.29) is 17.5 Å². The number of benzene rings is 2. The van der Waals surface area contributed by atoms with E-state index in [1.807, 2.05) is 13.8 Å². The van der Waals surface area contributed by atoms with Gasteiger partial charge in [-0.2, -0.15) is 5.10 Å². The maximum atomic E-state index is 13.5. The fraction of sp³-hybridized carbons (Fsp3) is 0.280. The number of aromatic nitrogens is 4. The third kappa shape index (κ3) is 3.98. The van der Waals surface area contributed by atoms with Crippen LogP contribution in [0.3, 0.4) is 0 Å². The van der Waals surface area contributed by atoms with Crippen molar-refractivity contribution in [1.29, 1.82) is 0 Å². The lowest BCUT2D eigenvalue weighted by molar-refractivity contribution is 0.0746. The van der Waals surface area contributed by atoms with Gasteiger partial charge in [0.15, 0.2) is 5.65 Å². The van der Waals surface area contributed by atoms with E-state index in [9.17, 15) is 13.6 Å². The quantitative estimate of drug-likeness (QED) is 0.460. The van der Waals surface area contributed by atoms with Gasteiger partial charge < -0.3 is 9.80 Å². The molecule has 0 N–H and O–H groups in total. The smallest absolute Gasteiger partial charge is 0.253 e. The molecule has 0 bridgehead atoms. The Kier molecular flexibility index (Phi) is 5.69. The molecule has 2 aromatic heterocycles. The molecule has 0 spiro atoms. The first-order valence-corrected chi connectivity index (χ1v) is 11.3. The van der Waals surface area contributed by atoms with Gasteiger partial charge in [-0.15, -0.1) is 0 Å². The van der Waals surface area contributed by atoms with Crippen molar-refractivity contribution in [3.8, 4) is 5.69 Å². The standard InChI is InChI=1S/C25H24F2N6O/c1-3-21-28-23(22-16(2)30-33(24(22)29-21)20-10-8-19(27)9-11-20)31-12-14-32(15-13-31)25(34)17-4-6-18(26)7-5-17/h4-11H,3,12-15H2,1-2H3. The number of fused-ring (bicyclic) bond motifs is 1. The number of amides is 1. The number of aryl methyl sites for hydroxylation is 2. The lowest BCUT2D eigenvalue weighted by Crippen LogP contribution is -2.49. The van der Waals surface area contributed by atoms with Crippen molar-refractivity contribution in [2.75, 3.05) is 31.1 Å². The first-order valence-electron chi connectivity index (χ1n) is 11.3. The van der Waals surface area contributed by atoms with Crippen molar-refractivity contribution in [1.82, 2.24) is 24.6 Å². The van der Waals surface area contributed by atoms with E-state index < -0.39 is 0 Å². The zero-order chi connectivity index (χ0) is 23.8. The Bertz CT molecular complexity index is 1340. The molecule has 9 heteroatoms. The average Bonchev–Trinajstić information content (AvgIpc) is 3.20. The van der Waals surface area contributed by atoms with Gasteiger partial charge in [0.25, 0.3) is 5.91 Å². The lowest BCUT2D eigenvalue weighted by Gasteiger charge is -2.35. The summed E-state index contributed by atoms with van der Waals surface area (Å²) in [5.41, 5.74) is 2.66. The fourth-order valence-electron chi connectivity index (χ4n) is 4.25. The average molecular weight is 463 g/mol. The molecule has 7 nitrogen and oxygen atoms in total. The number of hydrogen-bond acceptors (Lipinski definition) is 5. The van der Waals surface area contributed by atoms with E-state index >= 15 is 0 Å². The topological polar surface area (TPSA) is 67.2 Å². The van der Waals surface area contributed by atoms with E-state index in [4.69, 9.17) is 9.97 Å². The Balaban J connectivity index is 1.45. The maximum absolute atomic E-state index is 13.5. The van der Waals surface area contributed by atoms with Crippen molar-refractivity contribution >= 4 is 22.8 Å². The van der Waals surface area contributed by atoms with Crippen LogP contribution in [0.1, 0.15) is 28.8 Å². The third-order valence-corrected chi connectivity index (χ3v) is 6.07. The number of rotatable bonds is 4. The highest BCUT2D eigenvalue weighted by Crippen LogP contribution is 2.30. The maximum Gasteiger partial charge on any atom is 0.253 e. The molecule has 0 unspecified atom stereocenters. The molecule has 1 saturated heterocycles. The number of nitrogens with zero attached hydrogens (tertiary/aromatic N) is 6. The van der Waals surface area contributed by atoms with Gasteiger partial charge in [0.05, 0.1) is 16.8 Å². The van der Waals surface area contributed by atoms with Gasteiger partial charge in [0, 0.05) is 38.2 Å². The molecule has 1 aliphatic heterocycles. The van der Waals surface area contributed by atoms with E-state index in [1.54, 1.807) is 21.7 Å². The van der Waals surface area contributed by atoms with Gasteiger partial charge >= 0.3 is 0 Å². The molecule has 4 aromatic rings. The summed E-state index contributed by atoms with van der Waals surface area (Å²) in [5, 5.41) is 5.53. The van der Waals surface area contributed by atoms with Gasteiger partial charge in [0.2, 0.25) is 0 Å². The number of carbonyl (C=O) groups is 1. The zero-order valence-electron chi connectivity index (χ0n) is 19.0. The summed E-state index contributed by atoms with van der Waals surface area (Å²) in [7, 11) is 0. The molecule has 3 heterocycles.